The van der Waals surface area contributed by atoms with Crippen molar-refractivity contribution in [3.05, 3.63) is 48.2 Å². The predicted molar refractivity (Wildman–Crippen MR) is 93.3 cm³/mol. The normalized spacial score (nSPS) is 18.5. The van der Waals surface area contributed by atoms with E-state index in [4.69, 9.17) is 4.74 Å². The monoisotopic (exact) mass is 380 g/mol. The summed E-state index contributed by atoms with van der Waals surface area (Å²) in [5.41, 5.74) is 0.0413. The molecule has 0 radical (unpaired) electrons. The molecule has 0 aliphatic carbocycles. The predicted octanol–water partition coefficient (Wildman–Crippen LogP) is 4.17. The lowest BCUT2D eigenvalue weighted by atomic mass is 10.0. The highest BCUT2D eigenvalue weighted by molar-refractivity contribution is 5.89. The van der Waals surface area contributed by atoms with Gasteiger partial charge in [0.05, 0.1) is 6.04 Å². The van der Waals surface area contributed by atoms with E-state index in [1.165, 1.54) is 41.4 Å². The second-order valence-corrected chi connectivity index (χ2v) is 6.53. The Morgan fingerprint density at radius 3 is 2.56 bits per heavy atom. The zero-order valence-corrected chi connectivity index (χ0v) is 14.8. The maximum Gasteiger partial charge on any atom is 0.415 e. The van der Waals surface area contributed by atoms with E-state index in [9.17, 15) is 18.0 Å². The average Bonchev–Trinajstić information content (AvgIpc) is 3.01. The number of hydrogen-bond donors (Lipinski definition) is 1. The van der Waals surface area contributed by atoms with Crippen molar-refractivity contribution in [1.82, 2.24) is 9.97 Å². The van der Waals surface area contributed by atoms with Crippen molar-refractivity contribution in [3.63, 3.8) is 0 Å². The molecule has 1 saturated heterocycles. The number of carbonyl (C=O) groups excluding carboxylic acids is 1. The summed E-state index contributed by atoms with van der Waals surface area (Å²) in [4.78, 5) is 21.4. The fraction of sp³-hybridized carbons (Fsp3) is 0.389. The molecule has 27 heavy (non-hydrogen) atoms. The number of halogens is 3. The lowest BCUT2D eigenvalue weighted by Crippen LogP contribution is -2.38. The SMILES string of the molecule is CC(C)C1COC(=O)N1c1ccnc(NC(c2ccccc2)C(F)(F)F)n1. The van der Waals surface area contributed by atoms with Crippen LogP contribution in [0.1, 0.15) is 25.5 Å². The third-order valence-corrected chi connectivity index (χ3v) is 4.30. The van der Waals surface area contributed by atoms with Gasteiger partial charge in [0, 0.05) is 6.20 Å². The molecule has 0 spiro atoms. The summed E-state index contributed by atoms with van der Waals surface area (Å²) < 4.78 is 45.6. The number of ether oxygens (including phenoxy) is 1. The number of anilines is 2. The highest BCUT2D eigenvalue weighted by atomic mass is 19.4. The zero-order valence-electron chi connectivity index (χ0n) is 14.8. The van der Waals surface area contributed by atoms with Crippen LogP contribution in [0.2, 0.25) is 0 Å². The van der Waals surface area contributed by atoms with Crippen LogP contribution in [0.25, 0.3) is 0 Å². The molecule has 6 nitrogen and oxygen atoms in total. The molecule has 1 aromatic heterocycles. The first-order valence-corrected chi connectivity index (χ1v) is 8.44. The number of hydrogen-bond acceptors (Lipinski definition) is 5. The van der Waals surface area contributed by atoms with Crippen molar-refractivity contribution in [2.45, 2.75) is 32.1 Å². The van der Waals surface area contributed by atoms with E-state index in [0.29, 0.717) is 0 Å². The fourth-order valence-electron chi connectivity index (χ4n) is 2.87. The number of alkyl halides is 3. The van der Waals surface area contributed by atoms with Gasteiger partial charge in [-0.1, -0.05) is 44.2 Å². The van der Waals surface area contributed by atoms with Crippen molar-refractivity contribution in [1.29, 1.82) is 0 Å². The Morgan fingerprint density at radius 1 is 1.22 bits per heavy atom. The van der Waals surface area contributed by atoms with E-state index in [1.54, 1.807) is 6.07 Å². The largest absolute Gasteiger partial charge is 0.447 e. The molecule has 1 aliphatic heterocycles. The summed E-state index contributed by atoms with van der Waals surface area (Å²) in [5, 5.41) is 2.33. The molecule has 1 aromatic carbocycles. The van der Waals surface area contributed by atoms with Crippen molar-refractivity contribution >= 4 is 17.9 Å². The van der Waals surface area contributed by atoms with Crippen LogP contribution in [-0.4, -0.2) is 34.9 Å². The molecule has 2 unspecified atom stereocenters. The zero-order chi connectivity index (χ0) is 19.6. The summed E-state index contributed by atoms with van der Waals surface area (Å²) in [5.74, 6) is 0.0682. The summed E-state index contributed by atoms with van der Waals surface area (Å²) >= 11 is 0. The Balaban J connectivity index is 1.90. The Labute approximate surface area is 154 Å². The van der Waals surface area contributed by atoms with E-state index >= 15 is 0 Å². The molecule has 1 aliphatic rings. The van der Waals surface area contributed by atoms with Crippen LogP contribution in [0.15, 0.2) is 42.6 Å². The maximum atomic E-state index is 13.5. The molecule has 2 heterocycles. The number of benzene rings is 1. The van der Waals surface area contributed by atoms with Crippen LogP contribution in [0, 0.1) is 5.92 Å². The number of amides is 1. The lowest BCUT2D eigenvalue weighted by Gasteiger charge is -2.25. The van der Waals surface area contributed by atoms with Gasteiger partial charge in [-0.25, -0.2) is 9.78 Å². The topological polar surface area (TPSA) is 67.3 Å². The molecule has 0 saturated carbocycles. The first kappa shape index (κ1) is 18.9. The van der Waals surface area contributed by atoms with Crippen LogP contribution in [0.3, 0.4) is 0 Å². The quantitative estimate of drug-likeness (QED) is 0.843. The van der Waals surface area contributed by atoms with Crippen molar-refractivity contribution in [2.24, 2.45) is 5.92 Å². The fourth-order valence-corrected chi connectivity index (χ4v) is 2.87. The Hall–Kier alpha value is -2.84. The minimum atomic E-state index is -4.55. The van der Waals surface area contributed by atoms with E-state index in [1.807, 2.05) is 13.8 Å². The number of aromatic nitrogens is 2. The van der Waals surface area contributed by atoms with E-state index in [-0.39, 0.29) is 35.9 Å². The van der Waals surface area contributed by atoms with Gasteiger partial charge in [0.25, 0.3) is 0 Å². The average molecular weight is 380 g/mol. The Kier molecular flexibility index (Phi) is 5.20. The minimum absolute atomic E-state index is 0.0413. The summed E-state index contributed by atoms with van der Waals surface area (Å²) in [7, 11) is 0. The number of carbonyl (C=O) groups is 1. The van der Waals surface area contributed by atoms with E-state index in [0.717, 1.165) is 0 Å². The Bertz CT molecular complexity index is 799. The van der Waals surface area contributed by atoms with Gasteiger partial charge in [-0.15, -0.1) is 0 Å². The van der Waals surface area contributed by atoms with E-state index < -0.39 is 18.3 Å². The molecule has 0 bridgehead atoms. The molecule has 1 amide bonds. The summed E-state index contributed by atoms with van der Waals surface area (Å²) in [6, 6.07) is 6.70. The van der Waals surface area contributed by atoms with Crippen LogP contribution in [0.5, 0.6) is 0 Å². The Morgan fingerprint density at radius 2 is 1.93 bits per heavy atom. The summed E-state index contributed by atoms with van der Waals surface area (Å²) in [6.45, 7) is 4.06. The van der Waals surface area contributed by atoms with Gasteiger partial charge < -0.3 is 10.1 Å². The first-order chi connectivity index (χ1) is 12.8. The highest BCUT2D eigenvalue weighted by Gasteiger charge is 2.42. The van der Waals surface area contributed by atoms with Crippen LogP contribution in [-0.2, 0) is 4.74 Å². The molecule has 144 valence electrons. The third kappa shape index (κ3) is 4.12. The highest BCUT2D eigenvalue weighted by Crippen LogP contribution is 2.35. The number of nitrogens with one attached hydrogen (secondary N) is 1. The van der Waals surface area contributed by atoms with Gasteiger partial charge >= 0.3 is 12.3 Å². The molecule has 3 rings (SSSR count). The van der Waals surface area contributed by atoms with Gasteiger partial charge in [-0.3, -0.25) is 4.90 Å². The van der Waals surface area contributed by atoms with Crippen molar-refractivity contribution in [3.8, 4) is 0 Å². The summed E-state index contributed by atoms with van der Waals surface area (Å²) in [6.07, 6.45) is -3.81. The molecular weight excluding hydrogens is 361 g/mol. The number of nitrogens with zero attached hydrogens (tertiary/aromatic N) is 3. The standard InChI is InChI=1S/C18H19F3N4O2/c1-11(2)13-10-27-17(26)25(13)14-8-9-22-16(23-14)24-15(18(19,20)21)12-6-4-3-5-7-12/h3-9,11,13,15H,10H2,1-2H3,(H,22,23,24). The second-order valence-electron chi connectivity index (χ2n) is 6.53. The number of cyclic esters (lactones) is 1. The first-order valence-electron chi connectivity index (χ1n) is 8.44. The van der Waals surface area contributed by atoms with Gasteiger partial charge in [-0.05, 0) is 17.5 Å². The van der Waals surface area contributed by atoms with E-state index in [2.05, 4.69) is 15.3 Å². The van der Waals surface area contributed by atoms with Gasteiger partial charge in [0.2, 0.25) is 5.95 Å². The van der Waals surface area contributed by atoms with Crippen LogP contribution >= 0.6 is 0 Å². The minimum Gasteiger partial charge on any atom is -0.447 e. The number of rotatable bonds is 5. The second kappa shape index (κ2) is 7.42. The molecule has 1 fully saturated rings. The van der Waals surface area contributed by atoms with Crippen molar-refractivity contribution < 1.29 is 22.7 Å². The maximum absolute atomic E-state index is 13.5. The van der Waals surface area contributed by atoms with Crippen molar-refractivity contribution in [2.75, 3.05) is 16.8 Å². The third-order valence-electron chi connectivity index (χ3n) is 4.30. The lowest BCUT2D eigenvalue weighted by molar-refractivity contribution is -0.144. The molecule has 1 N–H and O–H groups in total. The van der Waals surface area contributed by atoms with Crippen LogP contribution in [0.4, 0.5) is 29.7 Å². The van der Waals surface area contributed by atoms with Gasteiger partial charge in [0.1, 0.15) is 12.4 Å². The molecular formula is C18H19F3N4O2. The van der Waals surface area contributed by atoms with Gasteiger partial charge in [-0.2, -0.15) is 18.2 Å². The molecule has 2 aromatic rings. The van der Waals surface area contributed by atoms with Gasteiger partial charge in [0.15, 0.2) is 6.04 Å². The smallest absolute Gasteiger partial charge is 0.415 e. The molecule has 2 atom stereocenters. The van der Waals surface area contributed by atoms with Crippen LogP contribution < -0.4 is 10.2 Å². The molecule has 9 heteroatoms.